The third kappa shape index (κ3) is 2.29. The van der Waals surface area contributed by atoms with E-state index in [1.165, 1.54) is 6.07 Å². The number of para-hydroxylation sites is 1. The van der Waals surface area contributed by atoms with E-state index in [0.717, 1.165) is 17.6 Å². The molecule has 0 radical (unpaired) electrons. The summed E-state index contributed by atoms with van der Waals surface area (Å²) in [6, 6.07) is 6.94. The lowest BCUT2D eigenvalue weighted by atomic mass is 10.3. The molecule has 0 saturated carbocycles. The van der Waals surface area contributed by atoms with Crippen LogP contribution in [0.25, 0.3) is 11.0 Å². The second-order valence-electron chi connectivity index (χ2n) is 4.65. The average Bonchev–Trinajstić information content (AvgIpc) is 3.01. The van der Waals surface area contributed by atoms with Crippen LogP contribution >= 0.6 is 11.6 Å². The number of imidazole rings is 1. The second kappa shape index (κ2) is 5.25. The highest BCUT2D eigenvalue weighted by Gasteiger charge is 2.13. The Morgan fingerprint density at radius 2 is 2.15 bits per heavy atom. The van der Waals surface area contributed by atoms with E-state index in [1.807, 2.05) is 29.9 Å². The summed E-state index contributed by atoms with van der Waals surface area (Å²) in [4.78, 5) is 4.28. The summed E-state index contributed by atoms with van der Waals surface area (Å²) in [6.45, 7) is 0.680. The first-order valence-electron chi connectivity index (χ1n) is 6.37. The summed E-state index contributed by atoms with van der Waals surface area (Å²) in [7, 11) is 1.88. The van der Waals surface area contributed by atoms with Gasteiger partial charge in [-0.3, -0.25) is 4.68 Å². The van der Waals surface area contributed by atoms with E-state index in [0.29, 0.717) is 17.9 Å². The Morgan fingerprint density at radius 3 is 2.85 bits per heavy atom. The fourth-order valence-electron chi connectivity index (χ4n) is 2.34. The zero-order chi connectivity index (χ0) is 14.1. The van der Waals surface area contributed by atoms with Gasteiger partial charge in [0.15, 0.2) is 5.82 Å². The first-order valence-corrected chi connectivity index (χ1v) is 6.90. The van der Waals surface area contributed by atoms with Crippen molar-refractivity contribution in [3.05, 3.63) is 47.8 Å². The Bertz CT molecular complexity index is 747. The van der Waals surface area contributed by atoms with Crippen LogP contribution in [0.4, 0.5) is 4.39 Å². The van der Waals surface area contributed by atoms with Crippen LogP contribution in [0, 0.1) is 5.82 Å². The Morgan fingerprint density at radius 1 is 1.30 bits per heavy atom. The average molecular weight is 293 g/mol. The molecule has 0 unspecified atom stereocenters. The van der Waals surface area contributed by atoms with E-state index in [1.54, 1.807) is 10.7 Å². The minimum absolute atomic E-state index is 0.260. The highest BCUT2D eigenvalue weighted by atomic mass is 35.5. The highest BCUT2D eigenvalue weighted by Crippen LogP contribution is 2.20. The monoisotopic (exact) mass is 292 g/mol. The molecule has 3 rings (SSSR count). The number of alkyl halides is 1. The molecule has 0 spiro atoms. The normalized spacial score (nSPS) is 11.3. The van der Waals surface area contributed by atoms with E-state index in [9.17, 15) is 4.39 Å². The van der Waals surface area contributed by atoms with Crippen molar-refractivity contribution in [2.24, 2.45) is 7.05 Å². The van der Waals surface area contributed by atoms with Crippen molar-refractivity contribution >= 4 is 22.6 Å². The quantitative estimate of drug-likeness (QED) is 0.693. The maximum Gasteiger partial charge on any atom is 0.151 e. The summed E-state index contributed by atoms with van der Waals surface area (Å²) in [5, 5.41) is 4.34. The van der Waals surface area contributed by atoms with Crippen LogP contribution in [0.15, 0.2) is 30.5 Å². The summed E-state index contributed by atoms with van der Waals surface area (Å²) >= 11 is 5.92. The highest BCUT2D eigenvalue weighted by molar-refractivity contribution is 6.16. The number of nitrogens with zero attached hydrogens (tertiary/aromatic N) is 4. The van der Waals surface area contributed by atoms with Crippen LogP contribution in [-0.2, 0) is 25.9 Å². The molecule has 2 aromatic heterocycles. The number of aryl methyl sites for hydroxylation is 3. The lowest BCUT2D eigenvalue weighted by Crippen LogP contribution is -2.05. The van der Waals surface area contributed by atoms with Gasteiger partial charge in [0.05, 0.1) is 17.1 Å². The maximum absolute atomic E-state index is 13.7. The van der Waals surface area contributed by atoms with Gasteiger partial charge in [-0.1, -0.05) is 6.07 Å². The minimum Gasteiger partial charge on any atom is -0.326 e. The molecule has 3 aromatic rings. The van der Waals surface area contributed by atoms with Crippen LogP contribution in [0.2, 0.25) is 0 Å². The Balaban J connectivity index is 1.95. The van der Waals surface area contributed by atoms with Crippen molar-refractivity contribution in [1.29, 1.82) is 0 Å². The van der Waals surface area contributed by atoms with Gasteiger partial charge in [-0.2, -0.15) is 5.10 Å². The smallest absolute Gasteiger partial charge is 0.151 e. The fourth-order valence-corrected chi connectivity index (χ4v) is 2.54. The molecular formula is C14H14ClFN4. The number of hydrogen-bond acceptors (Lipinski definition) is 2. The van der Waals surface area contributed by atoms with Crippen LogP contribution in [-0.4, -0.2) is 19.3 Å². The molecule has 0 atom stereocenters. The maximum atomic E-state index is 13.7. The van der Waals surface area contributed by atoms with Crippen molar-refractivity contribution in [1.82, 2.24) is 19.3 Å². The number of rotatable bonds is 4. The second-order valence-corrected chi connectivity index (χ2v) is 4.92. The molecule has 0 bridgehead atoms. The number of hydrogen-bond donors (Lipinski definition) is 0. The van der Waals surface area contributed by atoms with E-state index in [4.69, 9.17) is 11.6 Å². The molecule has 4 nitrogen and oxygen atoms in total. The van der Waals surface area contributed by atoms with E-state index >= 15 is 0 Å². The third-order valence-corrected chi connectivity index (χ3v) is 3.53. The molecule has 6 heteroatoms. The molecule has 0 aliphatic heterocycles. The van der Waals surface area contributed by atoms with Crippen molar-refractivity contribution in [2.75, 3.05) is 0 Å². The minimum atomic E-state index is -0.314. The van der Waals surface area contributed by atoms with E-state index < -0.39 is 0 Å². The Kier molecular flexibility index (Phi) is 3.44. The Labute approximate surface area is 120 Å². The molecule has 0 fully saturated rings. The van der Waals surface area contributed by atoms with Gasteiger partial charge in [0.1, 0.15) is 11.3 Å². The molecule has 0 saturated heterocycles. The summed E-state index contributed by atoms with van der Waals surface area (Å²) in [5.74, 6) is 0.629. The molecule has 1 aromatic carbocycles. The summed E-state index contributed by atoms with van der Waals surface area (Å²) < 4.78 is 17.5. The first kappa shape index (κ1) is 13.1. The lowest BCUT2D eigenvalue weighted by molar-refractivity contribution is 0.637. The standard InChI is InChI=1S/C14H14ClFN4/c1-19-7-5-10(18-19)6-8-20-12-4-2-3-11(16)14(12)17-13(20)9-15/h2-5,7H,6,8-9H2,1H3. The zero-order valence-corrected chi connectivity index (χ0v) is 11.8. The van der Waals surface area contributed by atoms with Crippen LogP contribution in [0.5, 0.6) is 0 Å². The molecular weight excluding hydrogens is 279 g/mol. The van der Waals surface area contributed by atoms with Gasteiger partial charge >= 0.3 is 0 Å². The first-order chi connectivity index (χ1) is 9.69. The van der Waals surface area contributed by atoms with Crippen LogP contribution in [0.3, 0.4) is 0 Å². The molecule has 104 valence electrons. The van der Waals surface area contributed by atoms with Gasteiger partial charge in [-0.15, -0.1) is 11.6 Å². The third-order valence-electron chi connectivity index (χ3n) is 3.29. The van der Waals surface area contributed by atoms with Gasteiger partial charge < -0.3 is 4.57 Å². The van der Waals surface area contributed by atoms with Crippen molar-refractivity contribution in [3.63, 3.8) is 0 Å². The Hall–Kier alpha value is -1.88. The van der Waals surface area contributed by atoms with E-state index in [2.05, 4.69) is 10.1 Å². The predicted molar refractivity (Wildman–Crippen MR) is 76.2 cm³/mol. The molecule has 0 N–H and O–H groups in total. The zero-order valence-electron chi connectivity index (χ0n) is 11.1. The van der Waals surface area contributed by atoms with Gasteiger partial charge in [0.2, 0.25) is 0 Å². The molecule has 2 heterocycles. The summed E-state index contributed by atoms with van der Waals surface area (Å²) in [6.07, 6.45) is 2.66. The number of halogens is 2. The number of benzene rings is 1. The summed E-state index contributed by atoms with van der Waals surface area (Å²) in [5.41, 5.74) is 2.15. The van der Waals surface area contributed by atoms with Crippen molar-refractivity contribution < 1.29 is 4.39 Å². The number of fused-ring (bicyclic) bond motifs is 1. The lowest BCUT2D eigenvalue weighted by Gasteiger charge is -2.06. The van der Waals surface area contributed by atoms with Crippen molar-refractivity contribution in [3.8, 4) is 0 Å². The van der Waals surface area contributed by atoms with Crippen molar-refractivity contribution in [2.45, 2.75) is 18.8 Å². The topological polar surface area (TPSA) is 35.6 Å². The molecule has 0 amide bonds. The fraction of sp³-hybridized carbons (Fsp3) is 0.286. The SMILES string of the molecule is Cn1ccc(CCn2c(CCl)nc3c(F)cccc32)n1. The molecule has 20 heavy (non-hydrogen) atoms. The number of aromatic nitrogens is 4. The largest absolute Gasteiger partial charge is 0.326 e. The van der Waals surface area contributed by atoms with Gasteiger partial charge in [0.25, 0.3) is 0 Å². The van der Waals surface area contributed by atoms with Gasteiger partial charge in [-0.25, -0.2) is 9.37 Å². The molecule has 0 aliphatic rings. The van der Waals surface area contributed by atoms with Gasteiger partial charge in [-0.05, 0) is 18.2 Å². The van der Waals surface area contributed by atoms with Crippen LogP contribution in [0.1, 0.15) is 11.5 Å². The van der Waals surface area contributed by atoms with Gasteiger partial charge in [0, 0.05) is 26.2 Å². The molecule has 0 aliphatic carbocycles. The predicted octanol–water partition coefficient (Wildman–Crippen LogP) is 2.89. The van der Waals surface area contributed by atoms with E-state index in [-0.39, 0.29) is 11.7 Å². The van der Waals surface area contributed by atoms with Crippen LogP contribution < -0.4 is 0 Å².